The summed E-state index contributed by atoms with van der Waals surface area (Å²) in [6.07, 6.45) is 8.86. The van der Waals surface area contributed by atoms with Crippen LogP contribution in [0.1, 0.15) is 58.8 Å². The molecule has 0 aromatic carbocycles. The molecule has 3 nitrogen and oxygen atoms in total. The highest BCUT2D eigenvalue weighted by Gasteiger charge is 2.28. The maximum Gasteiger partial charge on any atom is 0.223 e. The maximum atomic E-state index is 12.3. The second-order valence-electron chi connectivity index (χ2n) is 6.58. The van der Waals surface area contributed by atoms with Crippen molar-refractivity contribution in [2.45, 2.75) is 64.8 Å². The summed E-state index contributed by atoms with van der Waals surface area (Å²) >= 11 is 0. The van der Waals surface area contributed by atoms with Gasteiger partial charge in [-0.05, 0) is 44.7 Å². The fourth-order valence-corrected chi connectivity index (χ4v) is 3.63. The average molecular weight is 266 g/mol. The molecule has 0 aromatic heterocycles. The van der Waals surface area contributed by atoms with Gasteiger partial charge in [-0.25, -0.2) is 0 Å². The zero-order chi connectivity index (χ0) is 13.7. The van der Waals surface area contributed by atoms with E-state index in [4.69, 9.17) is 0 Å². The Morgan fingerprint density at radius 3 is 2.32 bits per heavy atom. The van der Waals surface area contributed by atoms with Crippen molar-refractivity contribution in [2.24, 2.45) is 17.8 Å². The molecule has 1 aliphatic carbocycles. The third kappa shape index (κ3) is 4.20. The van der Waals surface area contributed by atoms with Gasteiger partial charge in [-0.1, -0.05) is 39.0 Å². The number of hydrogen-bond donors (Lipinski definition) is 2. The minimum atomic E-state index is 0.238. The summed E-state index contributed by atoms with van der Waals surface area (Å²) < 4.78 is 0. The molecule has 1 aliphatic heterocycles. The Hall–Kier alpha value is -0.570. The molecule has 19 heavy (non-hydrogen) atoms. The van der Waals surface area contributed by atoms with Crippen LogP contribution in [0.25, 0.3) is 0 Å². The van der Waals surface area contributed by atoms with Crippen molar-refractivity contribution < 1.29 is 4.79 Å². The lowest BCUT2D eigenvalue weighted by Gasteiger charge is -2.33. The average Bonchev–Trinajstić information content (AvgIpc) is 2.48. The number of amides is 1. The lowest BCUT2D eigenvalue weighted by Crippen LogP contribution is -2.45. The van der Waals surface area contributed by atoms with Crippen LogP contribution in [0, 0.1) is 17.8 Å². The van der Waals surface area contributed by atoms with Crippen LogP contribution in [0.3, 0.4) is 0 Å². The Morgan fingerprint density at radius 2 is 1.68 bits per heavy atom. The quantitative estimate of drug-likeness (QED) is 0.821. The van der Waals surface area contributed by atoms with Gasteiger partial charge in [-0.15, -0.1) is 0 Å². The lowest BCUT2D eigenvalue weighted by molar-refractivity contribution is -0.126. The van der Waals surface area contributed by atoms with E-state index in [9.17, 15) is 4.79 Å². The van der Waals surface area contributed by atoms with Crippen molar-refractivity contribution >= 4 is 5.91 Å². The molecule has 0 aromatic rings. The summed E-state index contributed by atoms with van der Waals surface area (Å²) in [5, 5.41) is 6.60. The van der Waals surface area contributed by atoms with E-state index in [1.54, 1.807) is 0 Å². The van der Waals surface area contributed by atoms with Gasteiger partial charge in [-0.3, -0.25) is 4.79 Å². The van der Waals surface area contributed by atoms with Crippen molar-refractivity contribution in [3.63, 3.8) is 0 Å². The predicted molar refractivity (Wildman–Crippen MR) is 78.9 cm³/mol. The predicted octanol–water partition coefficient (Wildman–Crippen LogP) is 2.71. The summed E-state index contributed by atoms with van der Waals surface area (Å²) in [5.41, 5.74) is 0. The van der Waals surface area contributed by atoms with Gasteiger partial charge in [0.25, 0.3) is 0 Å². The van der Waals surface area contributed by atoms with Crippen LogP contribution in [-0.4, -0.2) is 25.0 Å². The number of hydrogen-bond acceptors (Lipinski definition) is 2. The molecule has 2 fully saturated rings. The first kappa shape index (κ1) is 14.8. The van der Waals surface area contributed by atoms with Crippen molar-refractivity contribution in [3.8, 4) is 0 Å². The Balaban J connectivity index is 1.78. The monoisotopic (exact) mass is 266 g/mol. The molecule has 0 bridgehead atoms. The topological polar surface area (TPSA) is 41.1 Å². The van der Waals surface area contributed by atoms with Crippen LogP contribution in [0.15, 0.2) is 0 Å². The molecule has 110 valence electrons. The molecule has 3 heteroatoms. The molecule has 1 heterocycles. The van der Waals surface area contributed by atoms with E-state index in [0.29, 0.717) is 12.0 Å². The van der Waals surface area contributed by atoms with Gasteiger partial charge in [0.05, 0.1) is 0 Å². The van der Waals surface area contributed by atoms with Crippen molar-refractivity contribution in [1.82, 2.24) is 10.6 Å². The van der Waals surface area contributed by atoms with Crippen LogP contribution in [0.4, 0.5) is 0 Å². The Morgan fingerprint density at radius 1 is 1.05 bits per heavy atom. The van der Waals surface area contributed by atoms with Crippen LogP contribution >= 0.6 is 0 Å². The number of carbonyl (C=O) groups excluding carboxylic acids is 1. The van der Waals surface area contributed by atoms with Crippen molar-refractivity contribution in [2.75, 3.05) is 13.1 Å². The zero-order valence-corrected chi connectivity index (χ0v) is 12.6. The zero-order valence-electron chi connectivity index (χ0n) is 12.6. The molecule has 2 atom stereocenters. The fourth-order valence-electron chi connectivity index (χ4n) is 3.63. The number of piperidine rings is 1. The molecule has 1 amide bonds. The van der Waals surface area contributed by atoms with E-state index in [2.05, 4.69) is 24.5 Å². The first-order chi connectivity index (χ1) is 9.18. The summed E-state index contributed by atoms with van der Waals surface area (Å²) in [5.74, 6) is 1.96. The Kier molecular flexibility index (Phi) is 5.68. The third-order valence-electron chi connectivity index (χ3n) is 5.26. The van der Waals surface area contributed by atoms with Crippen LogP contribution in [0.2, 0.25) is 0 Å². The Labute approximate surface area is 117 Å². The first-order valence-corrected chi connectivity index (χ1v) is 8.19. The molecule has 1 saturated carbocycles. The Bertz CT molecular complexity index is 280. The molecule has 0 radical (unpaired) electrons. The first-order valence-electron chi connectivity index (χ1n) is 8.19. The molecule has 0 spiro atoms. The second-order valence-corrected chi connectivity index (χ2v) is 6.58. The number of rotatable bonds is 4. The molecule has 2 aliphatic rings. The minimum Gasteiger partial charge on any atom is -0.353 e. The van der Waals surface area contributed by atoms with Crippen molar-refractivity contribution in [3.05, 3.63) is 0 Å². The molecular formula is C16H30N2O. The lowest BCUT2D eigenvalue weighted by atomic mass is 9.78. The summed E-state index contributed by atoms with van der Waals surface area (Å²) in [6, 6.07) is 0.325. The van der Waals surface area contributed by atoms with Gasteiger partial charge >= 0.3 is 0 Å². The summed E-state index contributed by atoms with van der Waals surface area (Å²) in [6.45, 7) is 6.50. The molecule has 2 unspecified atom stereocenters. The van der Waals surface area contributed by atoms with Gasteiger partial charge in [0.15, 0.2) is 0 Å². The van der Waals surface area contributed by atoms with E-state index < -0.39 is 0 Å². The SMILES string of the molecule is CC(NC(=O)C1CCNCC1)C(C)C1CCCCC1. The van der Waals surface area contributed by atoms with Gasteiger partial charge < -0.3 is 10.6 Å². The molecular weight excluding hydrogens is 236 g/mol. The summed E-state index contributed by atoms with van der Waals surface area (Å²) in [4.78, 5) is 12.3. The van der Waals surface area contributed by atoms with Gasteiger partial charge in [0.2, 0.25) is 5.91 Å². The van der Waals surface area contributed by atoms with Crippen molar-refractivity contribution in [1.29, 1.82) is 0 Å². The standard InChI is InChI=1S/C16H30N2O/c1-12(14-6-4-3-5-7-14)13(2)18-16(19)15-8-10-17-11-9-15/h12-15,17H,3-11H2,1-2H3,(H,18,19). The van der Waals surface area contributed by atoms with Crippen LogP contribution in [0.5, 0.6) is 0 Å². The smallest absolute Gasteiger partial charge is 0.223 e. The minimum absolute atomic E-state index is 0.238. The maximum absolute atomic E-state index is 12.3. The number of nitrogens with one attached hydrogen (secondary N) is 2. The second kappa shape index (κ2) is 7.28. The summed E-state index contributed by atoms with van der Waals surface area (Å²) in [7, 11) is 0. The number of carbonyl (C=O) groups is 1. The van der Waals surface area contributed by atoms with E-state index in [1.165, 1.54) is 32.1 Å². The van der Waals surface area contributed by atoms with E-state index in [-0.39, 0.29) is 11.8 Å². The van der Waals surface area contributed by atoms with Gasteiger partial charge in [0.1, 0.15) is 0 Å². The normalized spacial score (nSPS) is 25.8. The molecule has 1 saturated heterocycles. The van der Waals surface area contributed by atoms with E-state index in [1.807, 2.05) is 0 Å². The largest absolute Gasteiger partial charge is 0.353 e. The van der Waals surface area contributed by atoms with Crippen LogP contribution < -0.4 is 10.6 Å². The van der Waals surface area contributed by atoms with Crippen LogP contribution in [-0.2, 0) is 4.79 Å². The third-order valence-corrected chi connectivity index (χ3v) is 5.26. The van der Waals surface area contributed by atoms with E-state index in [0.717, 1.165) is 31.8 Å². The molecule has 2 N–H and O–H groups in total. The molecule has 2 rings (SSSR count). The highest BCUT2D eigenvalue weighted by Crippen LogP contribution is 2.31. The highest BCUT2D eigenvalue weighted by molar-refractivity contribution is 5.79. The van der Waals surface area contributed by atoms with Gasteiger partial charge in [-0.2, -0.15) is 0 Å². The highest BCUT2D eigenvalue weighted by atomic mass is 16.1. The fraction of sp³-hybridized carbons (Fsp3) is 0.938. The van der Waals surface area contributed by atoms with E-state index >= 15 is 0 Å². The van der Waals surface area contributed by atoms with Gasteiger partial charge in [0, 0.05) is 12.0 Å².